The highest BCUT2D eigenvalue weighted by Crippen LogP contribution is 2.21. The lowest BCUT2D eigenvalue weighted by Gasteiger charge is -2.37. The van der Waals surface area contributed by atoms with Crippen molar-refractivity contribution < 1.29 is 0 Å². The van der Waals surface area contributed by atoms with Crippen molar-refractivity contribution in [2.75, 3.05) is 32.7 Å². The van der Waals surface area contributed by atoms with Crippen molar-refractivity contribution in [3.05, 3.63) is 35.9 Å². The van der Waals surface area contributed by atoms with Crippen LogP contribution in [-0.2, 0) is 6.42 Å². The summed E-state index contributed by atoms with van der Waals surface area (Å²) < 4.78 is 0. The Bertz CT molecular complexity index is 406. The van der Waals surface area contributed by atoms with Crippen LogP contribution in [0.4, 0.5) is 0 Å². The van der Waals surface area contributed by atoms with Crippen molar-refractivity contribution in [3.63, 3.8) is 0 Å². The molecule has 2 aliphatic rings. The molecule has 0 saturated carbocycles. The molecule has 0 amide bonds. The SMILES string of the molecule is N[C@H](Cc1ccccc1)CN1CCC(N2CCCC2)CC1. The topological polar surface area (TPSA) is 32.5 Å². The minimum atomic E-state index is 0.260. The Hall–Kier alpha value is -0.900. The van der Waals surface area contributed by atoms with E-state index < -0.39 is 0 Å². The molecule has 21 heavy (non-hydrogen) atoms. The van der Waals surface area contributed by atoms with E-state index >= 15 is 0 Å². The molecule has 2 heterocycles. The number of likely N-dealkylation sites (tertiary alicyclic amines) is 2. The van der Waals surface area contributed by atoms with Gasteiger partial charge in [0, 0.05) is 18.6 Å². The van der Waals surface area contributed by atoms with E-state index in [0.29, 0.717) is 0 Å². The van der Waals surface area contributed by atoms with E-state index in [1.807, 2.05) is 0 Å². The van der Waals surface area contributed by atoms with Crippen LogP contribution in [0.15, 0.2) is 30.3 Å². The van der Waals surface area contributed by atoms with E-state index in [2.05, 4.69) is 40.1 Å². The van der Waals surface area contributed by atoms with Crippen molar-refractivity contribution in [2.45, 2.75) is 44.2 Å². The summed E-state index contributed by atoms with van der Waals surface area (Å²) in [5.74, 6) is 0. The molecule has 2 N–H and O–H groups in total. The van der Waals surface area contributed by atoms with Crippen LogP contribution < -0.4 is 5.73 Å². The number of hydrogen-bond donors (Lipinski definition) is 1. The zero-order valence-corrected chi connectivity index (χ0v) is 13.1. The number of benzene rings is 1. The van der Waals surface area contributed by atoms with Gasteiger partial charge in [-0.25, -0.2) is 0 Å². The molecule has 0 radical (unpaired) electrons. The fourth-order valence-electron chi connectivity index (χ4n) is 3.89. The molecule has 2 aliphatic heterocycles. The summed E-state index contributed by atoms with van der Waals surface area (Å²) in [6.07, 6.45) is 6.47. The first-order valence-electron chi connectivity index (χ1n) is 8.57. The summed E-state index contributed by atoms with van der Waals surface area (Å²) in [4.78, 5) is 5.28. The first kappa shape index (κ1) is 15.0. The molecular weight excluding hydrogens is 258 g/mol. The third-order valence-electron chi connectivity index (χ3n) is 5.05. The molecular formula is C18H29N3. The Kier molecular flexibility index (Phi) is 5.28. The van der Waals surface area contributed by atoms with Crippen molar-refractivity contribution >= 4 is 0 Å². The average Bonchev–Trinajstić information content (AvgIpc) is 3.03. The zero-order chi connectivity index (χ0) is 14.5. The Morgan fingerprint density at radius 1 is 1.00 bits per heavy atom. The highest BCUT2D eigenvalue weighted by Gasteiger charge is 2.26. The molecule has 116 valence electrons. The second-order valence-electron chi connectivity index (χ2n) is 6.72. The molecule has 1 aromatic rings. The van der Waals surface area contributed by atoms with E-state index in [1.54, 1.807) is 0 Å². The Morgan fingerprint density at radius 2 is 1.67 bits per heavy atom. The fraction of sp³-hybridized carbons (Fsp3) is 0.667. The molecule has 1 aromatic carbocycles. The summed E-state index contributed by atoms with van der Waals surface area (Å²) in [5.41, 5.74) is 7.70. The molecule has 3 rings (SSSR count). The largest absolute Gasteiger partial charge is 0.326 e. The Balaban J connectivity index is 1.40. The van der Waals surface area contributed by atoms with Crippen molar-refractivity contribution in [2.24, 2.45) is 5.73 Å². The van der Waals surface area contributed by atoms with Crippen LogP contribution in [0.1, 0.15) is 31.2 Å². The second kappa shape index (κ2) is 7.39. The predicted molar refractivity (Wildman–Crippen MR) is 88.4 cm³/mol. The van der Waals surface area contributed by atoms with Gasteiger partial charge in [-0.2, -0.15) is 0 Å². The molecule has 0 spiro atoms. The lowest BCUT2D eigenvalue weighted by Crippen LogP contribution is -2.47. The van der Waals surface area contributed by atoms with Gasteiger partial charge in [-0.15, -0.1) is 0 Å². The van der Waals surface area contributed by atoms with Crippen LogP contribution in [0.3, 0.4) is 0 Å². The van der Waals surface area contributed by atoms with Crippen molar-refractivity contribution in [1.82, 2.24) is 9.80 Å². The molecule has 3 nitrogen and oxygen atoms in total. The van der Waals surface area contributed by atoms with Gasteiger partial charge in [0.2, 0.25) is 0 Å². The molecule has 0 aromatic heterocycles. The minimum Gasteiger partial charge on any atom is -0.326 e. The Morgan fingerprint density at radius 3 is 2.33 bits per heavy atom. The van der Waals surface area contributed by atoms with Gasteiger partial charge in [-0.1, -0.05) is 30.3 Å². The van der Waals surface area contributed by atoms with Crippen LogP contribution >= 0.6 is 0 Å². The van der Waals surface area contributed by atoms with Gasteiger partial charge in [0.15, 0.2) is 0 Å². The quantitative estimate of drug-likeness (QED) is 0.900. The maximum atomic E-state index is 6.34. The van der Waals surface area contributed by atoms with Crippen LogP contribution in [0.2, 0.25) is 0 Å². The summed E-state index contributed by atoms with van der Waals surface area (Å²) in [6, 6.07) is 11.7. The number of nitrogens with zero attached hydrogens (tertiary/aromatic N) is 2. The summed E-state index contributed by atoms with van der Waals surface area (Å²) in [6.45, 7) is 6.16. The maximum absolute atomic E-state index is 6.34. The molecule has 0 unspecified atom stereocenters. The standard InChI is InChI=1S/C18H29N3/c19-17(14-16-6-2-1-3-7-16)15-20-12-8-18(9-13-20)21-10-4-5-11-21/h1-3,6-7,17-18H,4-5,8-15,19H2/t17-/m1/s1. The van der Waals surface area contributed by atoms with E-state index in [1.165, 1.54) is 57.4 Å². The maximum Gasteiger partial charge on any atom is 0.0208 e. The molecule has 3 heteroatoms. The van der Waals surface area contributed by atoms with Gasteiger partial charge < -0.3 is 15.5 Å². The second-order valence-corrected chi connectivity index (χ2v) is 6.72. The van der Waals surface area contributed by atoms with Crippen LogP contribution in [0, 0.1) is 0 Å². The van der Waals surface area contributed by atoms with E-state index in [-0.39, 0.29) is 6.04 Å². The molecule has 2 fully saturated rings. The highest BCUT2D eigenvalue weighted by atomic mass is 15.2. The molecule has 0 bridgehead atoms. The molecule has 0 aliphatic carbocycles. The van der Waals surface area contributed by atoms with Crippen molar-refractivity contribution in [3.8, 4) is 0 Å². The minimum absolute atomic E-state index is 0.260. The summed E-state index contributed by atoms with van der Waals surface area (Å²) in [7, 11) is 0. The van der Waals surface area contributed by atoms with Crippen molar-refractivity contribution in [1.29, 1.82) is 0 Å². The summed E-state index contributed by atoms with van der Waals surface area (Å²) >= 11 is 0. The molecule has 2 saturated heterocycles. The fourth-order valence-corrected chi connectivity index (χ4v) is 3.89. The number of rotatable bonds is 5. The van der Waals surface area contributed by atoms with Gasteiger partial charge in [-0.3, -0.25) is 0 Å². The van der Waals surface area contributed by atoms with E-state index in [9.17, 15) is 0 Å². The van der Waals surface area contributed by atoms with Crippen LogP contribution in [0.25, 0.3) is 0 Å². The number of nitrogens with two attached hydrogens (primary N) is 1. The van der Waals surface area contributed by atoms with Crippen LogP contribution in [-0.4, -0.2) is 54.6 Å². The third kappa shape index (κ3) is 4.29. The van der Waals surface area contributed by atoms with E-state index in [0.717, 1.165) is 19.0 Å². The van der Waals surface area contributed by atoms with Gasteiger partial charge in [0.05, 0.1) is 0 Å². The first-order valence-corrected chi connectivity index (χ1v) is 8.57. The van der Waals surface area contributed by atoms with Gasteiger partial charge in [-0.05, 0) is 63.8 Å². The lowest BCUT2D eigenvalue weighted by molar-refractivity contribution is 0.122. The molecule has 1 atom stereocenters. The van der Waals surface area contributed by atoms with Gasteiger partial charge in [0.1, 0.15) is 0 Å². The highest BCUT2D eigenvalue weighted by molar-refractivity contribution is 5.15. The summed E-state index contributed by atoms with van der Waals surface area (Å²) in [5, 5.41) is 0. The lowest BCUT2D eigenvalue weighted by atomic mass is 10.0. The Labute approximate surface area is 129 Å². The number of piperidine rings is 1. The average molecular weight is 287 g/mol. The van der Waals surface area contributed by atoms with E-state index in [4.69, 9.17) is 5.73 Å². The zero-order valence-electron chi connectivity index (χ0n) is 13.1. The third-order valence-corrected chi connectivity index (χ3v) is 5.05. The predicted octanol–water partition coefficient (Wildman–Crippen LogP) is 2.12. The monoisotopic (exact) mass is 287 g/mol. The normalized spacial score (nSPS) is 23.5. The van der Waals surface area contributed by atoms with Gasteiger partial charge >= 0.3 is 0 Å². The van der Waals surface area contributed by atoms with Gasteiger partial charge in [0.25, 0.3) is 0 Å². The van der Waals surface area contributed by atoms with Crippen LogP contribution in [0.5, 0.6) is 0 Å². The smallest absolute Gasteiger partial charge is 0.0208 e. The number of hydrogen-bond acceptors (Lipinski definition) is 3. The first-order chi connectivity index (χ1) is 10.3.